The molecule has 5 heteroatoms. The Morgan fingerprint density at radius 1 is 1.22 bits per heavy atom. The van der Waals surface area contributed by atoms with E-state index in [1.807, 2.05) is 0 Å². The number of carbonyl (C=O) groups excluding carboxylic acids is 1. The first-order valence-corrected chi connectivity index (χ1v) is 7.92. The van der Waals surface area contributed by atoms with Crippen LogP contribution >= 0.6 is 7.60 Å². The lowest BCUT2D eigenvalue weighted by Crippen LogP contribution is -2.05. The van der Waals surface area contributed by atoms with Gasteiger partial charge in [-0.15, -0.1) is 0 Å². The van der Waals surface area contributed by atoms with Crippen molar-refractivity contribution in [2.75, 3.05) is 6.16 Å². The molecule has 0 aromatic heterocycles. The number of hydrogen-bond acceptors (Lipinski definition) is 3. The predicted molar refractivity (Wildman–Crippen MR) is 70.7 cm³/mol. The van der Waals surface area contributed by atoms with E-state index in [2.05, 4.69) is 11.4 Å². The van der Waals surface area contributed by atoms with Crippen molar-refractivity contribution >= 4 is 13.6 Å². The molecule has 1 unspecified atom stereocenters. The molecular formula is C13H19O4P. The van der Waals surface area contributed by atoms with Crippen molar-refractivity contribution in [3.05, 3.63) is 35.9 Å². The minimum atomic E-state index is -3.80. The van der Waals surface area contributed by atoms with Crippen LogP contribution in [0.1, 0.15) is 43.0 Å². The summed E-state index contributed by atoms with van der Waals surface area (Å²) in [5, 5.41) is 0. The Hall–Kier alpha value is -1.12. The van der Waals surface area contributed by atoms with Crippen LogP contribution in [-0.4, -0.2) is 17.0 Å². The molecule has 0 aliphatic carbocycles. The summed E-state index contributed by atoms with van der Waals surface area (Å²) in [5.41, 5.74) is 0.292. The summed E-state index contributed by atoms with van der Waals surface area (Å²) in [6.07, 6.45) is 3.59. The Balaban J connectivity index is 2.45. The second-order valence-electron chi connectivity index (χ2n) is 4.17. The molecule has 0 saturated heterocycles. The Labute approximate surface area is 108 Å². The number of rotatable bonds is 7. The molecule has 0 heterocycles. The van der Waals surface area contributed by atoms with Gasteiger partial charge in [-0.2, -0.15) is 0 Å². The van der Waals surface area contributed by atoms with E-state index in [-0.39, 0.29) is 6.16 Å². The average molecular weight is 270 g/mol. The highest BCUT2D eigenvalue weighted by molar-refractivity contribution is 7.53. The second-order valence-corrected chi connectivity index (χ2v) is 6.07. The molecule has 1 rings (SSSR count). The predicted octanol–water partition coefficient (Wildman–Crippen LogP) is 3.61. The van der Waals surface area contributed by atoms with E-state index in [1.54, 1.807) is 30.3 Å². The van der Waals surface area contributed by atoms with Crippen LogP contribution in [-0.2, 0) is 9.09 Å². The molecule has 18 heavy (non-hydrogen) atoms. The van der Waals surface area contributed by atoms with Crippen molar-refractivity contribution in [3.8, 4) is 0 Å². The van der Waals surface area contributed by atoms with E-state index in [0.717, 1.165) is 19.3 Å². The topological polar surface area (TPSA) is 63.6 Å². The van der Waals surface area contributed by atoms with Crippen molar-refractivity contribution < 1.29 is 18.8 Å². The van der Waals surface area contributed by atoms with Crippen LogP contribution in [0.5, 0.6) is 0 Å². The van der Waals surface area contributed by atoms with Crippen LogP contribution in [0.2, 0.25) is 0 Å². The molecule has 0 amide bonds. The van der Waals surface area contributed by atoms with Gasteiger partial charge in [-0.05, 0) is 18.6 Å². The summed E-state index contributed by atoms with van der Waals surface area (Å²) < 4.78 is 16.3. The molecule has 1 atom stereocenters. The Morgan fingerprint density at radius 3 is 2.50 bits per heavy atom. The number of carbonyl (C=O) groups is 1. The maximum atomic E-state index is 11.7. The average Bonchev–Trinajstić information content (AvgIpc) is 2.35. The largest absolute Gasteiger partial charge is 0.388 e. The van der Waals surface area contributed by atoms with Gasteiger partial charge in [0.05, 0.1) is 11.7 Å². The minimum absolute atomic E-state index is 0.0333. The van der Waals surface area contributed by atoms with Crippen LogP contribution in [0.3, 0.4) is 0 Å². The maximum Gasteiger partial charge on any atom is 0.378 e. The fourth-order valence-corrected chi connectivity index (χ4v) is 2.62. The normalized spacial score (nSPS) is 13.9. The van der Waals surface area contributed by atoms with E-state index in [1.165, 1.54) is 0 Å². The van der Waals surface area contributed by atoms with Crippen LogP contribution in [0.15, 0.2) is 30.3 Å². The first-order valence-electron chi connectivity index (χ1n) is 6.16. The highest BCUT2D eigenvalue weighted by Crippen LogP contribution is 2.43. The number of hydrogen-bond donors (Lipinski definition) is 1. The number of benzene rings is 1. The third-order valence-corrected chi connectivity index (χ3v) is 3.86. The van der Waals surface area contributed by atoms with Crippen molar-refractivity contribution in [1.82, 2.24) is 0 Å². The van der Waals surface area contributed by atoms with Crippen molar-refractivity contribution in [2.24, 2.45) is 0 Å². The lowest BCUT2D eigenvalue weighted by atomic mass is 10.2. The minimum Gasteiger partial charge on any atom is -0.388 e. The van der Waals surface area contributed by atoms with Crippen molar-refractivity contribution in [3.63, 3.8) is 0 Å². The molecule has 0 aliphatic rings. The molecule has 0 saturated carbocycles. The van der Waals surface area contributed by atoms with E-state index in [9.17, 15) is 14.3 Å². The quantitative estimate of drug-likeness (QED) is 0.607. The molecular weight excluding hydrogens is 251 g/mol. The summed E-state index contributed by atoms with van der Waals surface area (Å²) >= 11 is 0. The van der Waals surface area contributed by atoms with E-state index >= 15 is 0 Å². The molecule has 0 fully saturated rings. The zero-order valence-electron chi connectivity index (χ0n) is 10.5. The van der Waals surface area contributed by atoms with Gasteiger partial charge in [0.2, 0.25) is 0 Å². The van der Waals surface area contributed by atoms with Crippen LogP contribution in [0.25, 0.3) is 0 Å². The van der Waals surface area contributed by atoms with Crippen LogP contribution in [0.4, 0.5) is 0 Å². The molecule has 1 aromatic rings. The fraction of sp³-hybridized carbons (Fsp3) is 0.462. The van der Waals surface area contributed by atoms with Gasteiger partial charge in [0, 0.05) is 0 Å². The Bertz CT molecular complexity index is 416. The monoisotopic (exact) mass is 270 g/mol. The van der Waals surface area contributed by atoms with Gasteiger partial charge in [-0.3, -0.25) is 0 Å². The van der Waals surface area contributed by atoms with Gasteiger partial charge in [0.25, 0.3) is 0 Å². The lowest BCUT2D eigenvalue weighted by molar-refractivity contribution is 0.0717. The third kappa shape index (κ3) is 5.48. The second kappa shape index (κ2) is 7.34. The van der Waals surface area contributed by atoms with E-state index in [4.69, 9.17) is 0 Å². The fourth-order valence-electron chi connectivity index (χ4n) is 1.54. The zero-order valence-corrected chi connectivity index (χ0v) is 11.4. The van der Waals surface area contributed by atoms with Gasteiger partial charge in [0.1, 0.15) is 0 Å². The summed E-state index contributed by atoms with van der Waals surface area (Å²) in [6, 6.07) is 8.24. The maximum absolute atomic E-state index is 11.7. The summed E-state index contributed by atoms with van der Waals surface area (Å²) in [4.78, 5) is 21.2. The lowest BCUT2D eigenvalue weighted by Gasteiger charge is -2.11. The SMILES string of the molecule is CCCCCCP(=O)(O)OC(=O)c1ccccc1. The Morgan fingerprint density at radius 2 is 1.89 bits per heavy atom. The number of unbranched alkanes of at least 4 members (excludes halogenated alkanes) is 3. The van der Waals surface area contributed by atoms with Gasteiger partial charge in [-0.25, -0.2) is 9.36 Å². The molecule has 0 bridgehead atoms. The molecule has 4 nitrogen and oxygen atoms in total. The van der Waals surface area contributed by atoms with Crippen molar-refractivity contribution in [2.45, 2.75) is 32.6 Å². The first-order chi connectivity index (χ1) is 8.55. The zero-order chi connectivity index (χ0) is 13.4. The van der Waals surface area contributed by atoms with Gasteiger partial charge < -0.3 is 9.42 Å². The summed E-state index contributed by atoms with van der Waals surface area (Å²) in [6.45, 7) is 2.06. The van der Waals surface area contributed by atoms with Gasteiger partial charge in [-0.1, -0.05) is 44.4 Å². The summed E-state index contributed by atoms with van der Waals surface area (Å²) in [5.74, 6) is -0.739. The highest BCUT2D eigenvalue weighted by atomic mass is 31.2. The van der Waals surface area contributed by atoms with E-state index in [0.29, 0.717) is 12.0 Å². The Kier molecular flexibility index (Phi) is 6.10. The molecule has 0 aliphatic heterocycles. The summed E-state index contributed by atoms with van der Waals surface area (Å²) in [7, 11) is -3.80. The highest BCUT2D eigenvalue weighted by Gasteiger charge is 2.24. The van der Waals surface area contributed by atoms with E-state index < -0.39 is 13.6 Å². The van der Waals surface area contributed by atoms with Crippen molar-refractivity contribution in [1.29, 1.82) is 0 Å². The molecule has 1 aromatic carbocycles. The third-order valence-electron chi connectivity index (χ3n) is 2.53. The van der Waals surface area contributed by atoms with Gasteiger partial charge in [0.15, 0.2) is 0 Å². The van der Waals surface area contributed by atoms with Crippen LogP contribution < -0.4 is 0 Å². The smallest absolute Gasteiger partial charge is 0.378 e. The standard InChI is InChI=1S/C13H19O4P/c1-2-3-4-8-11-18(15,16)17-13(14)12-9-6-5-7-10-12/h5-7,9-10H,2-4,8,11H2,1H3,(H,15,16). The van der Waals surface area contributed by atoms with Crippen LogP contribution in [0, 0.1) is 0 Å². The molecule has 0 spiro atoms. The first kappa shape index (κ1) is 14.9. The molecule has 0 radical (unpaired) electrons. The molecule has 1 N–H and O–H groups in total. The van der Waals surface area contributed by atoms with Gasteiger partial charge >= 0.3 is 13.6 Å². The molecule has 100 valence electrons.